The highest BCUT2D eigenvalue weighted by Gasteiger charge is 2.28. The second-order valence-electron chi connectivity index (χ2n) is 7.34. The fourth-order valence-corrected chi connectivity index (χ4v) is 3.35. The minimum absolute atomic E-state index is 0.195. The van der Waals surface area contributed by atoms with Gasteiger partial charge in [0.05, 0.1) is 0 Å². The van der Waals surface area contributed by atoms with Crippen molar-refractivity contribution in [3.63, 3.8) is 0 Å². The van der Waals surface area contributed by atoms with Crippen LogP contribution in [0.1, 0.15) is 41.3 Å². The van der Waals surface area contributed by atoms with Crippen molar-refractivity contribution in [2.45, 2.75) is 32.9 Å². The number of rotatable bonds is 6. The number of quaternary nitrogens is 1. The van der Waals surface area contributed by atoms with Crippen LogP contribution in [0.4, 0.5) is 14.5 Å². The number of aryl methyl sites for hydroxylation is 2. The van der Waals surface area contributed by atoms with Crippen LogP contribution in [0.15, 0.2) is 66.7 Å². The van der Waals surface area contributed by atoms with E-state index in [1.54, 1.807) is 12.2 Å². The van der Waals surface area contributed by atoms with Gasteiger partial charge >= 0.3 is 0 Å². The highest BCUT2D eigenvalue weighted by atomic mass is 19.1. The van der Waals surface area contributed by atoms with Crippen molar-refractivity contribution in [1.29, 1.82) is 0 Å². The zero-order chi connectivity index (χ0) is 21.0. The SMILES string of the molecule is Cc1ccc(C)c(NC(=O)[C@H]([NH2+][C@H](C)c2ccc(F)cc2F)c2ccccc2)c1. The van der Waals surface area contributed by atoms with Crippen LogP contribution in [0.3, 0.4) is 0 Å². The number of nitrogens with one attached hydrogen (secondary N) is 1. The lowest BCUT2D eigenvalue weighted by atomic mass is 10.0. The summed E-state index contributed by atoms with van der Waals surface area (Å²) in [6, 6.07) is 17.8. The average molecular weight is 395 g/mol. The van der Waals surface area contributed by atoms with Crippen LogP contribution in [0.2, 0.25) is 0 Å². The third-order valence-corrected chi connectivity index (χ3v) is 5.03. The Labute approximate surface area is 169 Å². The molecule has 0 unspecified atom stereocenters. The normalized spacial score (nSPS) is 13.0. The maximum Gasteiger partial charge on any atom is 0.287 e. The Hall–Kier alpha value is -3.05. The van der Waals surface area contributed by atoms with Gasteiger partial charge in [-0.15, -0.1) is 0 Å². The van der Waals surface area contributed by atoms with Crippen LogP contribution in [-0.4, -0.2) is 5.91 Å². The largest absolute Gasteiger partial charge is 0.326 e. The number of anilines is 1. The topological polar surface area (TPSA) is 45.7 Å². The fraction of sp³-hybridized carbons (Fsp3) is 0.208. The molecule has 0 heterocycles. The van der Waals surface area contributed by atoms with Crippen LogP contribution in [0.5, 0.6) is 0 Å². The molecule has 3 nitrogen and oxygen atoms in total. The zero-order valence-corrected chi connectivity index (χ0v) is 16.7. The molecule has 0 bridgehead atoms. The van der Waals surface area contributed by atoms with Crippen molar-refractivity contribution in [3.8, 4) is 0 Å². The molecule has 0 aliphatic heterocycles. The lowest BCUT2D eigenvalue weighted by Gasteiger charge is -2.21. The minimum atomic E-state index is -0.620. The molecule has 3 aromatic rings. The summed E-state index contributed by atoms with van der Waals surface area (Å²) in [7, 11) is 0. The molecular formula is C24H25F2N2O+. The third kappa shape index (κ3) is 5.06. The molecule has 150 valence electrons. The number of carbonyl (C=O) groups is 1. The molecule has 0 aliphatic carbocycles. The van der Waals surface area contributed by atoms with Gasteiger partial charge in [0.1, 0.15) is 17.7 Å². The Morgan fingerprint density at radius 3 is 2.38 bits per heavy atom. The Bertz CT molecular complexity index is 1010. The standard InChI is InChI=1S/C24H24F2N2O/c1-15-9-10-16(2)22(13-15)28-24(29)23(18-7-5-4-6-8-18)27-17(3)20-12-11-19(25)14-21(20)26/h4-14,17,23,27H,1-3H3,(H,28,29)/p+1/t17-,23-/m1/s1. The number of nitrogens with two attached hydrogens (primary N) is 1. The number of amides is 1. The minimum Gasteiger partial charge on any atom is -0.326 e. The van der Waals surface area contributed by atoms with Gasteiger partial charge in [0.15, 0.2) is 6.04 Å². The van der Waals surface area contributed by atoms with Crippen molar-refractivity contribution in [2.24, 2.45) is 0 Å². The molecule has 3 N–H and O–H groups in total. The first-order valence-electron chi connectivity index (χ1n) is 9.58. The Morgan fingerprint density at radius 1 is 0.966 bits per heavy atom. The quantitative estimate of drug-likeness (QED) is 0.630. The molecule has 0 fully saturated rings. The number of carbonyl (C=O) groups excluding carboxylic acids is 1. The summed E-state index contributed by atoms with van der Waals surface area (Å²) in [6.45, 7) is 5.71. The summed E-state index contributed by atoms with van der Waals surface area (Å²) < 4.78 is 27.5. The van der Waals surface area contributed by atoms with Crippen molar-refractivity contribution in [3.05, 3.63) is 101 Å². The second-order valence-corrected chi connectivity index (χ2v) is 7.34. The molecule has 0 saturated carbocycles. The van der Waals surface area contributed by atoms with E-state index in [1.807, 2.05) is 62.4 Å². The molecule has 0 spiro atoms. The van der Waals surface area contributed by atoms with Gasteiger partial charge in [-0.1, -0.05) is 42.5 Å². The molecule has 5 heteroatoms. The molecule has 3 aromatic carbocycles. The molecule has 1 amide bonds. The highest BCUT2D eigenvalue weighted by molar-refractivity contribution is 5.95. The number of hydrogen-bond acceptors (Lipinski definition) is 1. The van der Waals surface area contributed by atoms with E-state index in [2.05, 4.69) is 5.32 Å². The van der Waals surface area contributed by atoms with Gasteiger partial charge < -0.3 is 10.6 Å². The zero-order valence-electron chi connectivity index (χ0n) is 16.7. The lowest BCUT2D eigenvalue weighted by Crippen LogP contribution is -2.87. The summed E-state index contributed by atoms with van der Waals surface area (Å²) in [4.78, 5) is 13.2. The van der Waals surface area contributed by atoms with Gasteiger partial charge in [-0.3, -0.25) is 4.79 Å². The van der Waals surface area contributed by atoms with Crippen molar-refractivity contribution < 1.29 is 18.9 Å². The van der Waals surface area contributed by atoms with E-state index in [0.29, 0.717) is 5.56 Å². The van der Waals surface area contributed by atoms with E-state index >= 15 is 0 Å². The molecule has 0 radical (unpaired) electrons. The van der Waals surface area contributed by atoms with E-state index in [4.69, 9.17) is 0 Å². The van der Waals surface area contributed by atoms with E-state index < -0.39 is 17.7 Å². The van der Waals surface area contributed by atoms with E-state index in [0.717, 1.165) is 28.4 Å². The first kappa shape index (κ1) is 20.7. The fourth-order valence-electron chi connectivity index (χ4n) is 3.35. The smallest absolute Gasteiger partial charge is 0.287 e. The number of benzene rings is 3. The van der Waals surface area contributed by atoms with Gasteiger partial charge in [-0.25, -0.2) is 8.78 Å². The lowest BCUT2D eigenvalue weighted by molar-refractivity contribution is -0.719. The predicted molar refractivity (Wildman–Crippen MR) is 110 cm³/mol. The monoisotopic (exact) mass is 395 g/mol. The van der Waals surface area contributed by atoms with Crippen LogP contribution >= 0.6 is 0 Å². The summed E-state index contributed by atoms with van der Waals surface area (Å²) >= 11 is 0. The van der Waals surface area contributed by atoms with Gasteiger partial charge in [0.25, 0.3) is 5.91 Å². The third-order valence-electron chi connectivity index (χ3n) is 5.03. The van der Waals surface area contributed by atoms with Crippen molar-refractivity contribution in [2.75, 3.05) is 5.32 Å². The molecule has 29 heavy (non-hydrogen) atoms. The molecule has 0 aliphatic rings. The van der Waals surface area contributed by atoms with Crippen molar-refractivity contribution in [1.82, 2.24) is 0 Å². The second kappa shape index (κ2) is 8.97. The Kier molecular flexibility index (Phi) is 6.39. The van der Waals surface area contributed by atoms with E-state index in [-0.39, 0.29) is 11.9 Å². The van der Waals surface area contributed by atoms with Crippen LogP contribution < -0.4 is 10.6 Å². The number of halogens is 2. The molecule has 0 aromatic heterocycles. The summed E-state index contributed by atoms with van der Waals surface area (Å²) in [5, 5.41) is 4.80. The molecule has 3 rings (SSSR count). The van der Waals surface area contributed by atoms with Crippen LogP contribution in [0, 0.1) is 25.5 Å². The summed E-state index contributed by atoms with van der Waals surface area (Å²) in [6.07, 6.45) is 0. The molecular weight excluding hydrogens is 370 g/mol. The number of hydrogen-bond donors (Lipinski definition) is 2. The van der Waals surface area contributed by atoms with Gasteiger partial charge in [-0.2, -0.15) is 0 Å². The van der Waals surface area contributed by atoms with E-state index in [9.17, 15) is 13.6 Å². The van der Waals surface area contributed by atoms with E-state index in [1.165, 1.54) is 12.1 Å². The maximum absolute atomic E-state index is 14.2. The Balaban J connectivity index is 1.88. The summed E-state index contributed by atoms with van der Waals surface area (Å²) in [5.41, 5.74) is 3.93. The predicted octanol–water partition coefficient (Wildman–Crippen LogP) is 4.59. The first-order chi connectivity index (χ1) is 13.8. The summed E-state index contributed by atoms with van der Waals surface area (Å²) in [5.74, 6) is -1.43. The highest BCUT2D eigenvalue weighted by Crippen LogP contribution is 2.20. The molecule has 2 atom stereocenters. The first-order valence-corrected chi connectivity index (χ1v) is 9.58. The van der Waals surface area contributed by atoms with Crippen LogP contribution in [-0.2, 0) is 4.79 Å². The van der Waals surface area contributed by atoms with Gasteiger partial charge in [0, 0.05) is 22.9 Å². The maximum atomic E-state index is 14.2. The van der Waals surface area contributed by atoms with Gasteiger partial charge in [-0.05, 0) is 50.1 Å². The van der Waals surface area contributed by atoms with Gasteiger partial charge in [0.2, 0.25) is 0 Å². The Morgan fingerprint density at radius 2 is 1.69 bits per heavy atom. The van der Waals surface area contributed by atoms with Crippen molar-refractivity contribution >= 4 is 11.6 Å². The average Bonchev–Trinajstić information content (AvgIpc) is 2.69. The molecule has 0 saturated heterocycles. The van der Waals surface area contributed by atoms with Crippen LogP contribution in [0.25, 0.3) is 0 Å².